The molecule has 0 amide bonds. The number of nitrogens with zero attached hydrogens (tertiary/aromatic N) is 8. The van der Waals surface area contributed by atoms with Gasteiger partial charge in [0.05, 0.1) is 50.2 Å². The second-order valence-corrected chi connectivity index (χ2v) is 18.4. The molecule has 7 rings (SSSR count). The third kappa shape index (κ3) is 11.5. The molecule has 0 spiro atoms. The van der Waals surface area contributed by atoms with Crippen LogP contribution in [0.15, 0.2) is 36.7 Å². The Kier molecular flexibility index (Phi) is 18.8. The van der Waals surface area contributed by atoms with Gasteiger partial charge in [-0.25, -0.2) is 9.36 Å². The van der Waals surface area contributed by atoms with Gasteiger partial charge in [0, 0.05) is 24.5 Å². The van der Waals surface area contributed by atoms with Crippen LogP contribution in [0, 0.1) is 6.67 Å². The molecule has 4 aromatic rings. The van der Waals surface area contributed by atoms with Gasteiger partial charge in [0.25, 0.3) is 0 Å². The van der Waals surface area contributed by atoms with Crippen LogP contribution in [0.25, 0.3) is 11.4 Å². The summed E-state index contributed by atoms with van der Waals surface area (Å²) in [5, 5.41) is 98.0. The molecule has 0 bridgehead atoms. The van der Waals surface area contributed by atoms with Crippen molar-refractivity contribution in [3.63, 3.8) is 0 Å². The van der Waals surface area contributed by atoms with Crippen molar-refractivity contribution in [2.45, 2.75) is 154 Å². The Morgan fingerprint density at radius 3 is 1.18 bits per heavy atom. The maximum atomic E-state index is 10.4. The van der Waals surface area contributed by atoms with Crippen LogP contribution in [0.2, 0.25) is 0 Å². The van der Waals surface area contributed by atoms with Crippen molar-refractivity contribution < 1.29 is 89.3 Å². The third-order valence-electron chi connectivity index (χ3n) is 12.3. The summed E-state index contributed by atoms with van der Waals surface area (Å²) < 4.78 is 25.8. The average Bonchev–Trinajstić information content (AvgIpc) is 4.08. The van der Waals surface area contributed by atoms with Gasteiger partial charge in [-0.3, -0.25) is 0 Å². The van der Waals surface area contributed by atoms with E-state index in [9.17, 15) is 40.9 Å². The zero-order chi connectivity index (χ0) is 47.0. The molecule has 20 nitrogen and oxygen atoms in total. The summed E-state index contributed by atoms with van der Waals surface area (Å²) in [5.74, 6) is 0.590. The molecule has 0 saturated carbocycles. The molecular formula is C45H65ClCuN8O12. The molecule has 22 heteroatoms. The number of aliphatic hydroxyl groups excluding tert-OH is 8. The summed E-state index contributed by atoms with van der Waals surface area (Å²) in [6, 6.07) is 8.53. The van der Waals surface area contributed by atoms with E-state index in [1.54, 1.807) is 21.8 Å². The van der Waals surface area contributed by atoms with E-state index in [1.165, 1.54) is 0 Å². The van der Waals surface area contributed by atoms with Crippen LogP contribution in [0.3, 0.4) is 0 Å². The fourth-order valence-electron chi connectivity index (χ4n) is 8.58. The minimum absolute atomic E-state index is 0. The van der Waals surface area contributed by atoms with Crippen molar-refractivity contribution in [2.75, 3.05) is 36.1 Å². The van der Waals surface area contributed by atoms with Crippen LogP contribution in [-0.4, -0.2) is 159 Å². The predicted octanol–water partition coefficient (Wildman–Crippen LogP) is -1.58. The normalized spacial score (nSPS) is 26.8. The van der Waals surface area contributed by atoms with E-state index in [-0.39, 0.29) is 66.4 Å². The van der Waals surface area contributed by atoms with Gasteiger partial charge in [-0.1, -0.05) is 65.8 Å². The van der Waals surface area contributed by atoms with Crippen molar-refractivity contribution in [1.82, 2.24) is 30.0 Å². The number of aromatic nitrogens is 6. The minimum atomic E-state index is -1.55. The maximum absolute atomic E-state index is 10.4. The molecule has 3 aliphatic rings. The van der Waals surface area contributed by atoms with E-state index in [0.29, 0.717) is 11.4 Å². The molecule has 3 aliphatic heterocycles. The number of rotatable bonds is 16. The summed E-state index contributed by atoms with van der Waals surface area (Å²) in [7, 11) is 0. The SMILES string of the molecule is CC(C)c1cc(-n2cc(CO[C@@H]3O[C@H](CO)[C@@H](O)[C@H](O)[C@H]3O)nn2)cc(C(C)C)c1N1[CH]N(c2c(C(C)C)cc(-n3cc(CO[C@@H]4O[C@H](CO)[C@@H](O)[C@H](O)[C@H]4O)nn3)cc2C(C)C)CC1.[Cl-].[Cu+]. The van der Waals surface area contributed by atoms with Crippen molar-refractivity contribution in [2.24, 2.45) is 0 Å². The van der Waals surface area contributed by atoms with Crippen LogP contribution >= 0.6 is 0 Å². The minimum Gasteiger partial charge on any atom is -1.00 e. The molecule has 3 fully saturated rings. The zero-order valence-electron chi connectivity index (χ0n) is 38.8. The summed E-state index contributed by atoms with van der Waals surface area (Å²) >= 11 is 0. The Bertz CT molecular complexity index is 2020. The predicted molar refractivity (Wildman–Crippen MR) is 235 cm³/mol. The Morgan fingerprint density at radius 2 is 0.881 bits per heavy atom. The van der Waals surface area contributed by atoms with E-state index in [1.807, 2.05) is 0 Å². The van der Waals surface area contributed by atoms with Crippen molar-refractivity contribution in [3.8, 4) is 11.4 Å². The van der Waals surface area contributed by atoms with E-state index < -0.39 is 74.6 Å². The summed E-state index contributed by atoms with van der Waals surface area (Å²) in [4.78, 5) is 4.69. The van der Waals surface area contributed by atoms with E-state index in [0.717, 1.165) is 58.1 Å². The Hall–Kier alpha value is -3.35. The molecular weight excluding hydrogens is 944 g/mol. The molecule has 3 saturated heterocycles. The van der Waals surface area contributed by atoms with Crippen molar-refractivity contribution in [1.29, 1.82) is 0 Å². The Labute approximate surface area is 407 Å². The number of hydrogen-bond donors (Lipinski definition) is 8. The van der Waals surface area contributed by atoms with Crippen molar-refractivity contribution in [3.05, 3.63) is 77.0 Å². The summed E-state index contributed by atoms with van der Waals surface area (Å²) in [5.41, 5.74) is 9.37. The number of halogens is 1. The first-order valence-corrected chi connectivity index (χ1v) is 22.3. The second kappa shape index (κ2) is 23.0. The number of hydrogen-bond acceptors (Lipinski definition) is 18. The standard InChI is InChI=1S/C45H65N8O12.ClH.Cu/c1-22(2)30-11-28(52-15-26(46-48-52)19-62-44-42(60)40(58)38(56)34(17-54)64-44)12-31(23(3)4)36(30)50-9-10-51(21-50)37-32(24(5)6)13-29(14-33(37)25(7)8)53-16-27(47-49-53)20-63-45-43(61)41(59)39(57)35(18-55)65-45;;/h11-16,21-25,34-35,38-45,54-61H,9-10,17-20H2,1-8H3;1H;/q;;+1/p-1/t34-,35-,38-,39-,40+,41+,42-,43-,44-,45-;;/m1../s1. The van der Waals surface area contributed by atoms with Gasteiger partial charge in [-0.15, -0.1) is 10.2 Å². The van der Waals surface area contributed by atoms with Crippen LogP contribution in [0.5, 0.6) is 0 Å². The molecule has 375 valence electrons. The zero-order valence-corrected chi connectivity index (χ0v) is 40.5. The average molecular weight is 1010 g/mol. The first-order chi connectivity index (χ1) is 30.9. The first-order valence-electron chi connectivity index (χ1n) is 22.3. The molecule has 8 N–H and O–H groups in total. The molecule has 67 heavy (non-hydrogen) atoms. The van der Waals surface area contributed by atoms with E-state index in [4.69, 9.17) is 18.9 Å². The topological polar surface area (TPSA) is 267 Å². The van der Waals surface area contributed by atoms with Crippen LogP contribution < -0.4 is 22.2 Å². The second-order valence-electron chi connectivity index (χ2n) is 18.4. The maximum Gasteiger partial charge on any atom is 1.00 e. The van der Waals surface area contributed by atoms with Gasteiger partial charge in [0.15, 0.2) is 12.6 Å². The molecule has 5 heterocycles. The summed E-state index contributed by atoms with van der Waals surface area (Å²) in [6.45, 7) is 19.8. The molecule has 2 aromatic carbocycles. The van der Waals surface area contributed by atoms with E-state index in [2.05, 4.69) is 117 Å². The van der Waals surface area contributed by atoms with Gasteiger partial charge in [0.2, 0.25) is 0 Å². The number of anilines is 2. The fourth-order valence-corrected chi connectivity index (χ4v) is 8.58. The number of aliphatic hydroxyl groups is 8. The number of ether oxygens (including phenoxy) is 4. The third-order valence-corrected chi connectivity index (χ3v) is 12.3. The largest absolute Gasteiger partial charge is 1.00 e. The molecule has 1 radical (unpaired) electrons. The van der Waals surface area contributed by atoms with Gasteiger partial charge in [0.1, 0.15) is 66.9 Å². The summed E-state index contributed by atoms with van der Waals surface area (Å²) in [6.07, 6.45) is -10.4. The Balaban J connectivity index is 0.00000420. The van der Waals surface area contributed by atoms with Gasteiger partial charge in [-0.2, -0.15) is 0 Å². The molecule has 10 atom stereocenters. The quantitative estimate of drug-likeness (QED) is 0.0589. The Morgan fingerprint density at radius 1 is 0.552 bits per heavy atom. The van der Waals surface area contributed by atoms with Crippen molar-refractivity contribution >= 4 is 11.4 Å². The molecule has 0 aliphatic carbocycles. The smallest absolute Gasteiger partial charge is 1.00 e. The van der Waals surface area contributed by atoms with Crippen LogP contribution in [0.1, 0.15) is 113 Å². The monoisotopic (exact) mass is 1010 g/mol. The molecule has 0 unspecified atom stereocenters. The number of benzene rings is 2. The van der Waals surface area contributed by atoms with Crippen LogP contribution in [0.4, 0.5) is 11.4 Å². The van der Waals surface area contributed by atoms with Gasteiger partial charge >= 0.3 is 17.1 Å². The van der Waals surface area contributed by atoms with Gasteiger partial charge < -0.3 is 82.0 Å². The first kappa shape index (κ1) is 54.6. The van der Waals surface area contributed by atoms with Crippen LogP contribution in [-0.2, 0) is 49.2 Å². The fraction of sp³-hybridized carbons (Fsp3) is 0.622. The van der Waals surface area contributed by atoms with Gasteiger partial charge in [-0.05, 0) is 70.2 Å². The molecule has 2 aromatic heterocycles. The van der Waals surface area contributed by atoms with E-state index >= 15 is 0 Å².